The molecule has 0 aliphatic rings. The van der Waals surface area contributed by atoms with Gasteiger partial charge in [-0.1, -0.05) is 37.3 Å². The van der Waals surface area contributed by atoms with Crippen LogP contribution >= 0.6 is 0 Å². The Bertz CT molecular complexity index is 556. The molecule has 0 bridgehead atoms. The standard InChI is InChI=1S/C15H15N3/c1-2-10-17-15-13(11-16)8-9-14(18-15)12-6-4-3-5-7-12/h3-9H,2,10H2,1H3,(H,17,18). The highest BCUT2D eigenvalue weighted by molar-refractivity contribution is 5.64. The third kappa shape index (κ3) is 2.67. The summed E-state index contributed by atoms with van der Waals surface area (Å²) in [6, 6.07) is 15.8. The first-order valence-corrected chi connectivity index (χ1v) is 6.05. The number of anilines is 1. The molecule has 18 heavy (non-hydrogen) atoms. The van der Waals surface area contributed by atoms with Gasteiger partial charge in [-0.3, -0.25) is 0 Å². The highest BCUT2D eigenvalue weighted by Crippen LogP contribution is 2.21. The number of rotatable bonds is 4. The lowest BCUT2D eigenvalue weighted by molar-refractivity contribution is 0.968. The van der Waals surface area contributed by atoms with E-state index in [9.17, 15) is 0 Å². The number of nitriles is 1. The van der Waals surface area contributed by atoms with E-state index in [-0.39, 0.29) is 0 Å². The van der Waals surface area contributed by atoms with Gasteiger partial charge in [0.15, 0.2) is 0 Å². The summed E-state index contributed by atoms with van der Waals surface area (Å²) in [5, 5.41) is 12.2. The minimum atomic E-state index is 0.586. The highest BCUT2D eigenvalue weighted by Gasteiger charge is 2.06. The normalized spacial score (nSPS) is 9.78. The van der Waals surface area contributed by atoms with Gasteiger partial charge < -0.3 is 5.32 Å². The van der Waals surface area contributed by atoms with Gasteiger partial charge in [-0.05, 0) is 18.6 Å². The van der Waals surface area contributed by atoms with Gasteiger partial charge in [-0.15, -0.1) is 0 Å². The van der Waals surface area contributed by atoms with Crippen LogP contribution in [0.4, 0.5) is 5.82 Å². The zero-order chi connectivity index (χ0) is 12.8. The maximum absolute atomic E-state index is 9.05. The molecule has 1 heterocycles. The van der Waals surface area contributed by atoms with Gasteiger partial charge >= 0.3 is 0 Å². The van der Waals surface area contributed by atoms with Crippen molar-refractivity contribution >= 4 is 5.82 Å². The Morgan fingerprint density at radius 1 is 1.17 bits per heavy atom. The summed E-state index contributed by atoms with van der Waals surface area (Å²) in [6.07, 6.45) is 1.00. The quantitative estimate of drug-likeness (QED) is 0.886. The van der Waals surface area contributed by atoms with E-state index in [1.54, 1.807) is 0 Å². The Labute approximate surface area is 107 Å². The Morgan fingerprint density at radius 3 is 2.61 bits per heavy atom. The van der Waals surface area contributed by atoms with E-state index in [0.29, 0.717) is 11.4 Å². The van der Waals surface area contributed by atoms with E-state index in [1.807, 2.05) is 42.5 Å². The van der Waals surface area contributed by atoms with Crippen LogP contribution in [0.15, 0.2) is 42.5 Å². The third-order valence-corrected chi connectivity index (χ3v) is 2.63. The fraction of sp³-hybridized carbons (Fsp3) is 0.200. The Kier molecular flexibility index (Phi) is 3.93. The molecule has 2 rings (SSSR count). The molecule has 0 unspecified atom stereocenters. The lowest BCUT2D eigenvalue weighted by atomic mass is 10.1. The molecule has 2 aromatic rings. The zero-order valence-corrected chi connectivity index (χ0v) is 10.4. The van der Waals surface area contributed by atoms with Crippen molar-refractivity contribution in [1.82, 2.24) is 4.98 Å². The van der Waals surface area contributed by atoms with Crippen LogP contribution in [0.25, 0.3) is 11.3 Å². The number of hydrogen-bond donors (Lipinski definition) is 1. The van der Waals surface area contributed by atoms with Crippen LogP contribution in [-0.2, 0) is 0 Å². The van der Waals surface area contributed by atoms with E-state index >= 15 is 0 Å². The summed E-state index contributed by atoms with van der Waals surface area (Å²) in [5.41, 5.74) is 2.53. The molecule has 1 aromatic carbocycles. The predicted molar refractivity (Wildman–Crippen MR) is 73.2 cm³/mol. The topological polar surface area (TPSA) is 48.7 Å². The van der Waals surface area contributed by atoms with Gasteiger partial charge in [0.05, 0.1) is 11.3 Å². The fourth-order valence-electron chi connectivity index (χ4n) is 1.70. The second kappa shape index (κ2) is 5.83. The van der Waals surface area contributed by atoms with Gasteiger partial charge in [0.2, 0.25) is 0 Å². The molecule has 0 saturated heterocycles. The predicted octanol–water partition coefficient (Wildman–Crippen LogP) is 3.44. The molecule has 0 aliphatic heterocycles. The zero-order valence-electron chi connectivity index (χ0n) is 10.4. The summed E-state index contributed by atoms with van der Waals surface area (Å²) in [6.45, 7) is 2.90. The first kappa shape index (κ1) is 12.1. The second-order valence-electron chi connectivity index (χ2n) is 4.00. The number of pyridine rings is 1. The number of nitrogens with one attached hydrogen (secondary N) is 1. The minimum absolute atomic E-state index is 0.586. The SMILES string of the molecule is CCCNc1nc(-c2ccccc2)ccc1C#N. The Balaban J connectivity index is 2.37. The summed E-state index contributed by atoms with van der Waals surface area (Å²) < 4.78 is 0. The van der Waals surface area contributed by atoms with Crippen LogP contribution in [0.5, 0.6) is 0 Å². The molecular formula is C15H15N3. The smallest absolute Gasteiger partial charge is 0.144 e. The average molecular weight is 237 g/mol. The van der Waals surface area contributed by atoms with E-state index in [0.717, 1.165) is 24.2 Å². The third-order valence-electron chi connectivity index (χ3n) is 2.63. The molecule has 1 N–H and O–H groups in total. The molecule has 3 nitrogen and oxygen atoms in total. The summed E-state index contributed by atoms with van der Waals surface area (Å²) in [4.78, 5) is 4.52. The van der Waals surface area contributed by atoms with Gasteiger partial charge in [-0.25, -0.2) is 4.98 Å². The van der Waals surface area contributed by atoms with E-state index in [2.05, 4.69) is 23.3 Å². The number of benzene rings is 1. The van der Waals surface area contributed by atoms with Crippen molar-refractivity contribution in [3.8, 4) is 17.3 Å². The highest BCUT2D eigenvalue weighted by atomic mass is 15.0. The molecule has 3 heteroatoms. The number of hydrogen-bond acceptors (Lipinski definition) is 3. The van der Waals surface area contributed by atoms with Crippen LogP contribution in [0.1, 0.15) is 18.9 Å². The van der Waals surface area contributed by atoms with Crippen molar-refractivity contribution < 1.29 is 0 Å². The van der Waals surface area contributed by atoms with Gasteiger partial charge in [0.1, 0.15) is 11.9 Å². The molecule has 0 saturated carbocycles. The molecule has 0 fully saturated rings. The first-order valence-electron chi connectivity index (χ1n) is 6.05. The molecule has 0 aliphatic carbocycles. The molecule has 0 radical (unpaired) electrons. The van der Waals surface area contributed by atoms with Crippen molar-refractivity contribution in [3.63, 3.8) is 0 Å². The molecule has 0 amide bonds. The van der Waals surface area contributed by atoms with Crippen molar-refractivity contribution in [2.75, 3.05) is 11.9 Å². The van der Waals surface area contributed by atoms with Gasteiger partial charge in [0, 0.05) is 12.1 Å². The second-order valence-corrected chi connectivity index (χ2v) is 4.00. The van der Waals surface area contributed by atoms with Crippen molar-refractivity contribution in [2.45, 2.75) is 13.3 Å². The molecule has 0 atom stereocenters. The molecule has 1 aromatic heterocycles. The fourth-order valence-corrected chi connectivity index (χ4v) is 1.70. The summed E-state index contributed by atoms with van der Waals surface area (Å²) >= 11 is 0. The molecule has 0 spiro atoms. The monoisotopic (exact) mass is 237 g/mol. The van der Waals surface area contributed by atoms with E-state index in [1.165, 1.54) is 0 Å². The lowest BCUT2D eigenvalue weighted by Gasteiger charge is -2.08. The summed E-state index contributed by atoms with van der Waals surface area (Å²) in [7, 11) is 0. The van der Waals surface area contributed by atoms with Crippen LogP contribution in [0.2, 0.25) is 0 Å². The minimum Gasteiger partial charge on any atom is -0.369 e. The Hall–Kier alpha value is -2.34. The maximum Gasteiger partial charge on any atom is 0.144 e. The van der Waals surface area contributed by atoms with Crippen molar-refractivity contribution in [1.29, 1.82) is 5.26 Å². The van der Waals surface area contributed by atoms with E-state index < -0.39 is 0 Å². The Morgan fingerprint density at radius 2 is 1.94 bits per heavy atom. The van der Waals surface area contributed by atoms with Crippen molar-refractivity contribution in [3.05, 3.63) is 48.0 Å². The molecule has 90 valence electrons. The average Bonchev–Trinajstić information content (AvgIpc) is 2.45. The van der Waals surface area contributed by atoms with Crippen LogP contribution in [-0.4, -0.2) is 11.5 Å². The maximum atomic E-state index is 9.05. The van der Waals surface area contributed by atoms with Crippen LogP contribution < -0.4 is 5.32 Å². The summed E-state index contributed by atoms with van der Waals surface area (Å²) in [5.74, 6) is 0.667. The van der Waals surface area contributed by atoms with E-state index in [4.69, 9.17) is 5.26 Å². The van der Waals surface area contributed by atoms with Crippen LogP contribution in [0, 0.1) is 11.3 Å². The first-order chi connectivity index (χ1) is 8.85. The lowest BCUT2D eigenvalue weighted by Crippen LogP contribution is -2.04. The van der Waals surface area contributed by atoms with Gasteiger partial charge in [-0.2, -0.15) is 5.26 Å². The number of aromatic nitrogens is 1. The number of nitrogens with zero attached hydrogens (tertiary/aromatic N) is 2. The van der Waals surface area contributed by atoms with Crippen LogP contribution in [0.3, 0.4) is 0 Å². The van der Waals surface area contributed by atoms with Crippen molar-refractivity contribution in [2.24, 2.45) is 0 Å². The molecular weight excluding hydrogens is 222 g/mol. The van der Waals surface area contributed by atoms with Gasteiger partial charge in [0.25, 0.3) is 0 Å². The largest absolute Gasteiger partial charge is 0.369 e.